The summed E-state index contributed by atoms with van der Waals surface area (Å²) in [4.78, 5) is 3.66. The maximum absolute atomic E-state index is 8.29. The van der Waals surface area contributed by atoms with Crippen molar-refractivity contribution in [2.75, 3.05) is 7.11 Å². The van der Waals surface area contributed by atoms with Crippen molar-refractivity contribution in [1.82, 2.24) is 14.8 Å². The van der Waals surface area contributed by atoms with Gasteiger partial charge in [0.05, 0.1) is 0 Å². The average molecular weight is 138 g/mol. The van der Waals surface area contributed by atoms with E-state index in [2.05, 4.69) is 10.1 Å². The van der Waals surface area contributed by atoms with Crippen LogP contribution >= 0.6 is 0 Å². The predicted octanol–water partition coefficient (Wildman–Crippen LogP) is -0.246. The number of methoxy groups -OCH3 is 1. The van der Waals surface area contributed by atoms with E-state index in [1.165, 1.54) is 11.0 Å². The van der Waals surface area contributed by atoms with E-state index in [0.717, 1.165) is 0 Å². The molecule has 0 N–H and O–H groups in total. The van der Waals surface area contributed by atoms with E-state index >= 15 is 0 Å². The Morgan fingerprint density at radius 1 is 1.90 bits per heavy atom. The lowest BCUT2D eigenvalue weighted by Crippen LogP contribution is -1.99. The first kappa shape index (κ1) is 6.71. The summed E-state index contributed by atoms with van der Waals surface area (Å²) in [7, 11) is 1.55. The Kier molecular flexibility index (Phi) is 1.97. The van der Waals surface area contributed by atoms with E-state index in [9.17, 15) is 0 Å². The Morgan fingerprint density at radius 3 is 3.20 bits per heavy atom. The van der Waals surface area contributed by atoms with Crippen molar-refractivity contribution in [3.05, 3.63) is 12.2 Å². The smallest absolute Gasteiger partial charge is 0.252 e. The molecule has 5 nitrogen and oxygen atoms in total. The van der Waals surface area contributed by atoms with Crippen LogP contribution in [0.4, 0.5) is 0 Å². The zero-order valence-electron chi connectivity index (χ0n) is 5.48. The summed E-state index contributed by atoms with van der Waals surface area (Å²) in [5.41, 5.74) is 0. The molecular weight excluding hydrogens is 132 g/mol. The predicted molar refractivity (Wildman–Crippen MR) is 31.7 cm³/mol. The SMILES string of the molecule is COCn1cnc(C#N)n1. The second kappa shape index (κ2) is 2.94. The summed E-state index contributed by atoms with van der Waals surface area (Å²) in [6.07, 6.45) is 1.45. The Labute approximate surface area is 57.9 Å². The van der Waals surface area contributed by atoms with Gasteiger partial charge in [0.15, 0.2) is 0 Å². The molecule has 0 amide bonds. The lowest BCUT2D eigenvalue weighted by Gasteiger charge is -1.93. The first-order valence-electron chi connectivity index (χ1n) is 2.65. The Morgan fingerprint density at radius 2 is 2.70 bits per heavy atom. The largest absolute Gasteiger partial charge is 0.362 e. The van der Waals surface area contributed by atoms with Crippen molar-refractivity contribution >= 4 is 0 Å². The van der Waals surface area contributed by atoms with Gasteiger partial charge in [-0.25, -0.2) is 9.67 Å². The van der Waals surface area contributed by atoms with Gasteiger partial charge in [0.25, 0.3) is 5.82 Å². The molecule has 0 aromatic carbocycles. The molecule has 52 valence electrons. The van der Waals surface area contributed by atoms with Crippen LogP contribution < -0.4 is 0 Å². The van der Waals surface area contributed by atoms with Crippen LogP contribution in [0.1, 0.15) is 5.82 Å². The highest BCUT2D eigenvalue weighted by molar-refractivity contribution is 5.05. The van der Waals surface area contributed by atoms with E-state index in [1.54, 1.807) is 7.11 Å². The van der Waals surface area contributed by atoms with Crippen LogP contribution in [0.5, 0.6) is 0 Å². The standard InChI is InChI=1S/C5H6N4O/c1-10-4-9-3-7-5(2-6)8-9/h3H,4H2,1H3. The topological polar surface area (TPSA) is 63.7 Å². The highest BCUT2D eigenvalue weighted by Gasteiger charge is 1.95. The maximum Gasteiger partial charge on any atom is 0.252 e. The molecule has 0 aliphatic carbocycles. The molecule has 1 aromatic rings. The van der Waals surface area contributed by atoms with Crippen molar-refractivity contribution in [3.63, 3.8) is 0 Å². The van der Waals surface area contributed by atoms with Crippen molar-refractivity contribution in [3.8, 4) is 6.07 Å². The van der Waals surface area contributed by atoms with Gasteiger partial charge in [-0.05, 0) is 0 Å². The lowest BCUT2D eigenvalue weighted by atomic mass is 10.7. The van der Waals surface area contributed by atoms with Crippen LogP contribution in [0.15, 0.2) is 6.33 Å². The fraction of sp³-hybridized carbons (Fsp3) is 0.400. The normalized spacial score (nSPS) is 9.20. The molecule has 0 aliphatic heterocycles. The summed E-state index contributed by atoms with van der Waals surface area (Å²) in [6, 6.07) is 1.81. The van der Waals surface area contributed by atoms with Gasteiger partial charge < -0.3 is 4.74 Å². The molecule has 0 radical (unpaired) electrons. The summed E-state index contributed by atoms with van der Waals surface area (Å²) in [6.45, 7) is 0.328. The second-order valence-electron chi connectivity index (χ2n) is 1.64. The molecule has 0 unspecified atom stereocenters. The van der Waals surface area contributed by atoms with Crippen molar-refractivity contribution in [2.45, 2.75) is 6.73 Å². The Bertz CT molecular complexity index is 248. The van der Waals surface area contributed by atoms with Gasteiger partial charge in [-0.15, -0.1) is 5.10 Å². The van der Waals surface area contributed by atoms with E-state index in [-0.39, 0.29) is 5.82 Å². The van der Waals surface area contributed by atoms with Gasteiger partial charge in [-0.2, -0.15) is 5.26 Å². The minimum atomic E-state index is 0.164. The van der Waals surface area contributed by atoms with Crippen molar-refractivity contribution in [1.29, 1.82) is 5.26 Å². The van der Waals surface area contributed by atoms with Crippen LogP contribution in [0.3, 0.4) is 0 Å². The van der Waals surface area contributed by atoms with E-state index in [0.29, 0.717) is 6.73 Å². The number of ether oxygens (including phenoxy) is 1. The zero-order chi connectivity index (χ0) is 7.40. The molecule has 0 spiro atoms. The number of hydrogen-bond acceptors (Lipinski definition) is 4. The van der Waals surface area contributed by atoms with Gasteiger partial charge in [0.2, 0.25) is 0 Å². The first-order valence-corrected chi connectivity index (χ1v) is 2.65. The van der Waals surface area contributed by atoms with Crippen LogP contribution in [0.25, 0.3) is 0 Å². The monoisotopic (exact) mass is 138 g/mol. The highest BCUT2D eigenvalue weighted by atomic mass is 16.5. The highest BCUT2D eigenvalue weighted by Crippen LogP contribution is 1.85. The molecule has 0 saturated carbocycles. The second-order valence-corrected chi connectivity index (χ2v) is 1.64. The zero-order valence-corrected chi connectivity index (χ0v) is 5.48. The molecule has 0 aliphatic rings. The minimum absolute atomic E-state index is 0.164. The Hall–Kier alpha value is -1.41. The molecule has 0 bridgehead atoms. The third-order valence-corrected chi connectivity index (χ3v) is 0.898. The third-order valence-electron chi connectivity index (χ3n) is 0.898. The summed E-state index contributed by atoms with van der Waals surface area (Å²) in [5, 5.41) is 12.0. The molecular formula is C5H6N4O. The molecule has 1 heterocycles. The van der Waals surface area contributed by atoms with Gasteiger partial charge in [-0.3, -0.25) is 0 Å². The molecule has 0 saturated heterocycles. The van der Waals surface area contributed by atoms with E-state index < -0.39 is 0 Å². The van der Waals surface area contributed by atoms with Gasteiger partial charge in [0, 0.05) is 7.11 Å². The van der Waals surface area contributed by atoms with Crippen LogP contribution in [-0.2, 0) is 11.5 Å². The van der Waals surface area contributed by atoms with Gasteiger partial charge >= 0.3 is 0 Å². The minimum Gasteiger partial charge on any atom is -0.362 e. The Balaban J connectivity index is 2.71. The van der Waals surface area contributed by atoms with Gasteiger partial charge in [-0.1, -0.05) is 0 Å². The van der Waals surface area contributed by atoms with Crippen LogP contribution in [-0.4, -0.2) is 21.9 Å². The number of nitriles is 1. The fourth-order valence-electron chi connectivity index (χ4n) is 0.540. The number of aromatic nitrogens is 3. The molecule has 0 atom stereocenters. The summed E-state index contributed by atoms with van der Waals surface area (Å²) < 4.78 is 6.18. The van der Waals surface area contributed by atoms with E-state index in [1.807, 2.05) is 6.07 Å². The van der Waals surface area contributed by atoms with Gasteiger partial charge in [0.1, 0.15) is 19.1 Å². The number of hydrogen-bond donors (Lipinski definition) is 0. The fourth-order valence-corrected chi connectivity index (χ4v) is 0.540. The molecule has 0 fully saturated rings. The van der Waals surface area contributed by atoms with Crippen LogP contribution in [0, 0.1) is 11.3 Å². The lowest BCUT2D eigenvalue weighted by molar-refractivity contribution is 0.120. The summed E-state index contributed by atoms with van der Waals surface area (Å²) >= 11 is 0. The van der Waals surface area contributed by atoms with Crippen LogP contribution in [0.2, 0.25) is 0 Å². The average Bonchev–Trinajstić information content (AvgIpc) is 2.37. The number of rotatable bonds is 2. The van der Waals surface area contributed by atoms with E-state index in [4.69, 9.17) is 10.00 Å². The first-order chi connectivity index (χ1) is 4.86. The molecule has 1 rings (SSSR count). The number of nitrogens with zero attached hydrogens (tertiary/aromatic N) is 4. The quantitative estimate of drug-likeness (QED) is 0.565. The summed E-state index contributed by atoms with van der Waals surface area (Å²) in [5.74, 6) is 0.164. The van der Waals surface area contributed by atoms with Crippen molar-refractivity contribution in [2.24, 2.45) is 0 Å². The third kappa shape index (κ3) is 1.30. The van der Waals surface area contributed by atoms with Crippen molar-refractivity contribution < 1.29 is 4.74 Å². The molecule has 10 heavy (non-hydrogen) atoms. The molecule has 1 aromatic heterocycles. The maximum atomic E-state index is 8.29. The molecule has 5 heteroatoms.